The summed E-state index contributed by atoms with van der Waals surface area (Å²) in [5.74, 6) is 0.628. The molecule has 1 aliphatic heterocycles. The molecule has 158 valence electrons. The second-order valence-electron chi connectivity index (χ2n) is 7.33. The highest BCUT2D eigenvalue weighted by Gasteiger charge is 2.21. The van der Waals surface area contributed by atoms with E-state index in [1.54, 1.807) is 24.5 Å². The van der Waals surface area contributed by atoms with Crippen molar-refractivity contribution in [3.8, 4) is 5.75 Å². The maximum absolute atomic E-state index is 12.0. The first-order valence-electron chi connectivity index (χ1n) is 9.80. The van der Waals surface area contributed by atoms with Crippen molar-refractivity contribution in [3.05, 3.63) is 60.8 Å². The van der Waals surface area contributed by atoms with Gasteiger partial charge in [-0.3, -0.25) is 9.59 Å². The molecule has 3 aromatic rings. The molecule has 1 fully saturated rings. The van der Waals surface area contributed by atoms with E-state index in [4.69, 9.17) is 27.9 Å². The van der Waals surface area contributed by atoms with Gasteiger partial charge in [0, 0.05) is 13.1 Å². The number of piperidine rings is 1. The molecule has 0 saturated carbocycles. The summed E-state index contributed by atoms with van der Waals surface area (Å²) >= 11 is 12.2. The van der Waals surface area contributed by atoms with Gasteiger partial charge in [0.2, 0.25) is 0 Å². The van der Waals surface area contributed by atoms with Crippen LogP contribution >= 0.6 is 23.2 Å². The number of halogens is 2. The predicted octanol–water partition coefficient (Wildman–Crippen LogP) is 2.79. The van der Waals surface area contributed by atoms with E-state index in [1.807, 2.05) is 0 Å². The number of nitrogens with zero attached hydrogens (tertiary/aromatic N) is 3. The molecule has 0 aliphatic carbocycles. The summed E-state index contributed by atoms with van der Waals surface area (Å²) in [6.45, 7) is 2.74. The zero-order chi connectivity index (χ0) is 21.1. The fourth-order valence-corrected chi connectivity index (χ4v) is 4.20. The van der Waals surface area contributed by atoms with Crippen molar-refractivity contribution >= 4 is 34.0 Å². The maximum Gasteiger partial charge on any atom is 0.283 e. The average Bonchev–Trinajstić information content (AvgIpc) is 2.74. The van der Waals surface area contributed by atoms with Crippen LogP contribution in [0, 0.1) is 0 Å². The fourth-order valence-electron chi connectivity index (χ4n) is 3.76. The highest BCUT2D eigenvalue weighted by molar-refractivity contribution is 6.35. The van der Waals surface area contributed by atoms with E-state index in [9.17, 15) is 9.59 Å². The first kappa shape index (κ1) is 20.8. The quantitative estimate of drug-likeness (QED) is 0.599. The SMILES string of the molecule is O=c1[nH]ncc(CCCN2CCC(Oc3ccc(Cl)c4c(=O)[nH]ncc34)CC2)c1Cl. The number of rotatable bonds is 6. The number of aryl methyl sites for hydroxylation is 1. The lowest BCUT2D eigenvalue weighted by atomic mass is 10.1. The third-order valence-corrected chi connectivity index (χ3v) is 6.09. The van der Waals surface area contributed by atoms with Crippen molar-refractivity contribution < 1.29 is 4.74 Å². The Bertz CT molecular complexity index is 1160. The molecule has 0 unspecified atom stereocenters. The van der Waals surface area contributed by atoms with Crippen LogP contribution in [-0.2, 0) is 6.42 Å². The van der Waals surface area contributed by atoms with E-state index in [0.29, 0.717) is 28.0 Å². The zero-order valence-corrected chi connectivity index (χ0v) is 17.7. The second-order valence-corrected chi connectivity index (χ2v) is 8.12. The molecule has 2 N–H and O–H groups in total. The summed E-state index contributed by atoms with van der Waals surface area (Å²) < 4.78 is 6.19. The standard InChI is InChI=1S/C20H21Cl2N5O3/c21-15-3-4-16(14-11-24-25-19(28)17(14)15)30-13-5-8-27(9-6-13)7-1-2-12-10-23-26-20(29)18(12)22/h3-4,10-11,13H,1-2,5-9H2,(H,25,28)(H,26,29). The number of benzene rings is 1. The molecule has 0 bridgehead atoms. The lowest BCUT2D eigenvalue weighted by Gasteiger charge is -2.32. The van der Waals surface area contributed by atoms with Crippen LogP contribution in [0.25, 0.3) is 10.8 Å². The van der Waals surface area contributed by atoms with Gasteiger partial charge in [-0.2, -0.15) is 10.2 Å². The molecule has 1 aliphatic rings. The third kappa shape index (κ3) is 4.50. The van der Waals surface area contributed by atoms with Crippen LogP contribution < -0.4 is 15.9 Å². The van der Waals surface area contributed by atoms with Crippen molar-refractivity contribution in [2.24, 2.45) is 0 Å². The van der Waals surface area contributed by atoms with Gasteiger partial charge in [0.15, 0.2) is 0 Å². The van der Waals surface area contributed by atoms with Crippen LogP contribution in [0.1, 0.15) is 24.8 Å². The summed E-state index contributed by atoms with van der Waals surface area (Å²) in [6.07, 6.45) is 6.62. The predicted molar refractivity (Wildman–Crippen MR) is 116 cm³/mol. The smallest absolute Gasteiger partial charge is 0.283 e. The molecule has 0 amide bonds. The van der Waals surface area contributed by atoms with Crippen LogP contribution in [0.2, 0.25) is 10.0 Å². The van der Waals surface area contributed by atoms with E-state index >= 15 is 0 Å². The van der Waals surface area contributed by atoms with Gasteiger partial charge in [0.05, 0.1) is 28.2 Å². The Kier molecular flexibility index (Phi) is 6.36. The largest absolute Gasteiger partial charge is 0.490 e. The molecule has 0 atom stereocenters. The molecular formula is C20H21Cl2N5O3. The van der Waals surface area contributed by atoms with Crippen LogP contribution in [0.5, 0.6) is 5.75 Å². The number of aromatic amines is 2. The summed E-state index contributed by atoms with van der Waals surface area (Å²) in [5.41, 5.74) is 0.101. The van der Waals surface area contributed by atoms with E-state index in [1.165, 1.54) is 0 Å². The van der Waals surface area contributed by atoms with Crippen molar-refractivity contribution in [2.75, 3.05) is 19.6 Å². The molecule has 1 aromatic carbocycles. The normalized spacial score (nSPS) is 15.5. The first-order valence-corrected chi connectivity index (χ1v) is 10.6. The Morgan fingerprint density at radius 3 is 2.60 bits per heavy atom. The summed E-state index contributed by atoms with van der Waals surface area (Å²) in [7, 11) is 0. The van der Waals surface area contributed by atoms with Crippen LogP contribution in [-0.4, -0.2) is 51.0 Å². The molecule has 2 aromatic heterocycles. The van der Waals surface area contributed by atoms with Gasteiger partial charge in [-0.1, -0.05) is 23.2 Å². The third-order valence-electron chi connectivity index (χ3n) is 5.36. The Hall–Kier alpha value is -2.42. The molecule has 3 heterocycles. The first-order chi connectivity index (χ1) is 14.5. The van der Waals surface area contributed by atoms with Crippen LogP contribution in [0.15, 0.2) is 34.1 Å². The number of ether oxygens (including phenoxy) is 1. The van der Waals surface area contributed by atoms with Gasteiger partial charge in [-0.25, -0.2) is 10.2 Å². The summed E-state index contributed by atoms with van der Waals surface area (Å²) in [6, 6.07) is 3.47. The Morgan fingerprint density at radius 1 is 1.07 bits per heavy atom. The minimum Gasteiger partial charge on any atom is -0.490 e. The highest BCUT2D eigenvalue weighted by Crippen LogP contribution is 2.30. The topological polar surface area (TPSA) is 104 Å². The molecule has 4 rings (SSSR count). The number of hydrogen-bond donors (Lipinski definition) is 2. The summed E-state index contributed by atoms with van der Waals surface area (Å²) in [4.78, 5) is 25.9. The number of nitrogens with one attached hydrogen (secondary N) is 2. The van der Waals surface area contributed by atoms with Gasteiger partial charge < -0.3 is 9.64 Å². The minimum atomic E-state index is -0.348. The van der Waals surface area contributed by atoms with E-state index in [-0.39, 0.29) is 22.2 Å². The Morgan fingerprint density at radius 2 is 1.80 bits per heavy atom. The van der Waals surface area contributed by atoms with E-state index in [0.717, 1.165) is 44.5 Å². The molecule has 0 spiro atoms. The number of hydrogen-bond acceptors (Lipinski definition) is 6. The van der Waals surface area contributed by atoms with Gasteiger partial charge >= 0.3 is 0 Å². The molecule has 1 saturated heterocycles. The zero-order valence-electron chi connectivity index (χ0n) is 16.2. The highest BCUT2D eigenvalue weighted by atomic mass is 35.5. The lowest BCUT2D eigenvalue weighted by molar-refractivity contribution is 0.101. The second kappa shape index (κ2) is 9.16. The van der Waals surface area contributed by atoms with Crippen molar-refractivity contribution in [3.63, 3.8) is 0 Å². The molecule has 30 heavy (non-hydrogen) atoms. The molecular weight excluding hydrogens is 429 g/mol. The van der Waals surface area contributed by atoms with Crippen LogP contribution in [0.4, 0.5) is 0 Å². The fraction of sp³-hybridized carbons (Fsp3) is 0.400. The van der Waals surface area contributed by atoms with Crippen LogP contribution in [0.3, 0.4) is 0 Å². The van der Waals surface area contributed by atoms with Crippen molar-refractivity contribution in [1.82, 2.24) is 25.3 Å². The monoisotopic (exact) mass is 449 g/mol. The van der Waals surface area contributed by atoms with Gasteiger partial charge in [0.25, 0.3) is 11.1 Å². The lowest BCUT2D eigenvalue weighted by Crippen LogP contribution is -2.38. The van der Waals surface area contributed by atoms with Gasteiger partial charge in [-0.05, 0) is 49.9 Å². The Labute approximate surface area is 182 Å². The number of H-pyrrole nitrogens is 2. The maximum atomic E-state index is 12.0. The molecule has 8 nitrogen and oxygen atoms in total. The van der Waals surface area contributed by atoms with Crippen molar-refractivity contribution in [1.29, 1.82) is 0 Å². The number of aromatic nitrogens is 4. The summed E-state index contributed by atoms with van der Waals surface area (Å²) in [5, 5.41) is 14.0. The van der Waals surface area contributed by atoms with Crippen molar-refractivity contribution in [2.45, 2.75) is 31.8 Å². The Balaban J connectivity index is 1.31. The van der Waals surface area contributed by atoms with E-state index < -0.39 is 0 Å². The minimum absolute atomic E-state index is 0.0660. The molecule has 10 heteroatoms. The van der Waals surface area contributed by atoms with Gasteiger partial charge in [-0.15, -0.1) is 0 Å². The van der Waals surface area contributed by atoms with Gasteiger partial charge in [0.1, 0.15) is 16.9 Å². The average molecular weight is 450 g/mol. The number of fused-ring (bicyclic) bond motifs is 1. The molecule has 0 radical (unpaired) electrons. The van der Waals surface area contributed by atoms with E-state index in [2.05, 4.69) is 25.3 Å². The number of likely N-dealkylation sites (tertiary alicyclic amines) is 1.